The van der Waals surface area contributed by atoms with Crippen LogP contribution >= 0.6 is 0 Å². The fraction of sp³-hybridized carbons (Fsp3) is 0.0833. The molecule has 6 nitrogen and oxygen atoms in total. The second-order valence-corrected chi connectivity index (χ2v) is 7.17. The zero-order valence-electron chi connectivity index (χ0n) is 16.6. The molecule has 1 N–H and O–H groups in total. The molecule has 31 heavy (non-hydrogen) atoms. The molecule has 0 bridgehead atoms. The SMILES string of the molecule is Cc1c(C(=O)Nc2cccc(OCc3cn4ccccc4n3)c2)oc2ccc(F)cc12. The van der Waals surface area contributed by atoms with Crippen LogP contribution in [0.3, 0.4) is 0 Å². The van der Waals surface area contributed by atoms with Gasteiger partial charge in [0, 0.05) is 35.1 Å². The number of carbonyl (C=O) groups excluding carboxylic acids is 1. The summed E-state index contributed by atoms with van der Waals surface area (Å²) in [6.07, 6.45) is 3.84. The number of furan rings is 1. The van der Waals surface area contributed by atoms with Gasteiger partial charge in [0.15, 0.2) is 5.76 Å². The number of rotatable bonds is 5. The largest absolute Gasteiger partial charge is 0.487 e. The number of imidazole rings is 1. The third-order valence-electron chi connectivity index (χ3n) is 5.00. The quantitative estimate of drug-likeness (QED) is 0.420. The normalized spacial score (nSPS) is 11.2. The number of pyridine rings is 1. The van der Waals surface area contributed by atoms with Crippen molar-refractivity contribution >= 4 is 28.2 Å². The molecule has 154 valence electrons. The number of carbonyl (C=O) groups is 1. The summed E-state index contributed by atoms with van der Waals surface area (Å²) in [7, 11) is 0. The predicted octanol–water partition coefficient (Wildman–Crippen LogP) is 5.36. The number of nitrogens with zero attached hydrogens (tertiary/aromatic N) is 2. The Morgan fingerprint density at radius 2 is 2.06 bits per heavy atom. The standard InChI is InChI=1S/C24H18FN3O3/c1-15-20-11-16(25)8-9-21(20)31-23(15)24(29)27-17-5-4-6-19(12-17)30-14-18-13-28-10-3-2-7-22(28)26-18/h2-13H,14H2,1H3,(H,27,29). The lowest BCUT2D eigenvalue weighted by molar-refractivity contribution is 0.0998. The molecule has 0 aliphatic rings. The van der Waals surface area contributed by atoms with E-state index in [1.54, 1.807) is 31.2 Å². The molecule has 0 radical (unpaired) electrons. The van der Waals surface area contributed by atoms with E-state index in [1.807, 2.05) is 35.0 Å². The zero-order valence-corrected chi connectivity index (χ0v) is 16.6. The number of fused-ring (bicyclic) bond motifs is 2. The third kappa shape index (κ3) is 3.73. The number of amides is 1. The molecule has 0 saturated carbocycles. The lowest BCUT2D eigenvalue weighted by Gasteiger charge is -2.08. The Kier molecular flexibility index (Phi) is 4.63. The van der Waals surface area contributed by atoms with Crippen LogP contribution in [0.1, 0.15) is 21.8 Å². The Morgan fingerprint density at radius 1 is 1.16 bits per heavy atom. The van der Waals surface area contributed by atoms with E-state index in [0.29, 0.717) is 34.6 Å². The molecular weight excluding hydrogens is 397 g/mol. The summed E-state index contributed by atoms with van der Waals surface area (Å²) < 4.78 is 26.9. The van der Waals surface area contributed by atoms with Gasteiger partial charge in [0.05, 0.1) is 5.69 Å². The summed E-state index contributed by atoms with van der Waals surface area (Å²) in [5, 5.41) is 3.39. The maximum Gasteiger partial charge on any atom is 0.291 e. The molecule has 7 heteroatoms. The van der Waals surface area contributed by atoms with Crippen LogP contribution in [-0.2, 0) is 6.61 Å². The highest BCUT2D eigenvalue weighted by atomic mass is 19.1. The van der Waals surface area contributed by atoms with Crippen molar-refractivity contribution < 1.29 is 18.3 Å². The number of benzene rings is 2. The van der Waals surface area contributed by atoms with Crippen molar-refractivity contribution in [3.05, 3.63) is 95.9 Å². The molecular formula is C24H18FN3O3. The highest BCUT2D eigenvalue weighted by molar-refractivity contribution is 6.06. The summed E-state index contributed by atoms with van der Waals surface area (Å²) >= 11 is 0. The van der Waals surface area contributed by atoms with Gasteiger partial charge in [-0.15, -0.1) is 0 Å². The Hall–Kier alpha value is -4.13. The number of hydrogen-bond acceptors (Lipinski definition) is 4. The monoisotopic (exact) mass is 415 g/mol. The van der Waals surface area contributed by atoms with Crippen molar-refractivity contribution in [3.8, 4) is 5.75 Å². The predicted molar refractivity (Wildman–Crippen MR) is 115 cm³/mol. The van der Waals surface area contributed by atoms with Gasteiger partial charge in [-0.3, -0.25) is 4.79 Å². The minimum atomic E-state index is -0.411. The molecule has 1 amide bonds. The van der Waals surface area contributed by atoms with E-state index < -0.39 is 5.91 Å². The first-order chi connectivity index (χ1) is 15.1. The maximum atomic E-state index is 13.5. The van der Waals surface area contributed by atoms with Gasteiger partial charge in [0.25, 0.3) is 5.91 Å². The first kappa shape index (κ1) is 18.9. The Bertz CT molecular complexity index is 1390. The van der Waals surface area contributed by atoms with Gasteiger partial charge in [0.2, 0.25) is 0 Å². The molecule has 5 rings (SSSR count). The van der Waals surface area contributed by atoms with Crippen molar-refractivity contribution in [2.24, 2.45) is 0 Å². The van der Waals surface area contributed by atoms with Crippen LogP contribution < -0.4 is 10.1 Å². The van der Waals surface area contributed by atoms with Gasteiger partial charge in [-0.1, -0.05) is 12.1 Å². The molecule has 0 atom stereocenters. The molecule has 0 fully saturated rings. The van der Waals surface area contributed by atoms with Crippen molar-refractivity contribution in [1.82, 2.24) is 9.38 Å². The molecule has 0 aliphatic carbocycles. The average Bonchev–Trinajstić information content (AvgIpc) is 3.33. The molecule has 0 spiro atoms. The van der Waals surface area contributed by atoms with Crippen molar-refractivity contribution in [2.75, 3.05) is 5.32 Å². The Morgan fingerprint density at radius 3 is 2.94 bits per heavy atom. The number of aromatic nitrogens is 2. The smallest absolute Gasteiger partial charge is 0.291 e. The second-order valence-electron chi connectivity index (χ2n) is 7.17. The number of anilines is 1. The number of hydrogen-bond donors (Lipinski definition) is 1. The molecule has 2 aromatic carbocycles. The van der Waals surface area contributed by atoms with Crippen molar-refractivity contribution in [2.45, 2.75) is 13.5 Å². The van der Waals surface area contributed by atoms with E-state index in [-0.39, 0.29) is 11.6 Å². The van der Waals surface area contributed by atoms with Gasteiger partial charge >= 0.3 is 0 Å². The Balaban J connectivity index is 1.31. The van der Waals surface area contributed by atoms with E-state index >= 15 is 0 Å². The van der Waals surface area contributed by atoms with E-state index in [4.69, 9.17) is 9.15 Å². The van der Waals surface area contributed by atoms with E-state index in [2.05, 4.69) is 10.3 Å². The fourth-order valence-electron chi connectivity index (χ4n) is 3.48. The zero-order chi connectivity index (χ0) is 21.4. The van der Waals surface area contributed by atoms with E-state index in [0.717, 1.165) is 11.3 Å². The van der Waals surface area contributed by atoms with Gasteiger partial charge in [-0.25, -0.2) is 9.37 Å². The second kappa shape index (κ2) is 7.60. The summed E-state index contributed by atoms with van der Waals surface area (Å²) in [6.45, 7) is 2.03. The Labute approximate surface area is 176 Å². The molecule has 3 heterocycles. The molecule has 0 saturated heterocycles. The summed E-state index contributed by atoms with van der Waals surface area (Å²) in [5.41, 5.74) is 3.26. The minimum absolute atomic E-state index is 0.150. The van der Waals surface area contributed by atoms with Crippen LogP contribution in [0.15, 0.2) is 77.5 Å². The van der Waals surface area contributed by atoms with Crippen LogP contribution in [0.2, 0.25) is 0 Å². The van der Waals surface area contributed by atoms with Crippen LogP contribution in [0.25, 0.3) is 16.6 Å². The molecule has 3 aromatic heterocycles. The van der Waals surface area contributed by atoms with Crippen molar-refractivity contribution in [3.63, 3.8) is 0 Å². The molecule has 0 aliphatic heterocycles. The lowest BCUT2D eigenvalue weighted by Crippen LogP contribution is -2.12. The number of ether oxygens (including phenoxy) is 1. The third-order valence-corrected chi connectivity index (χ3v) is 5.00. The minimum Gasteiger partial charge on any atom is -0.487 e. The van der Waals surface area contributed by atoms with Gasteiger partial charge in [0.1, 0.15) is 29.4 Å². The first-order valence-electron chi connectivity index (χ1n) is 9.72. The van der Waals surface area contributed by atoms with Gasteiger partial charge < -0.3 is 18.9 Å². The van der Waals surface area contributed by atoms with Gasteiger partial charge in [-0.2, -0.15) is 0 Å². The highest BCUT2D eigenvalue weighted by Crippen LogP contribution is 2.27. The molecule has 0 unspecified atom stereocenters. The first-order valence-corrected chi connectivity index (χ1v) is 9.72. The number of aryl methyl sites for hydroxylation is 1. The topological polar surface area (TPSA) is 68.8 Å². The fourth-order valence-corrected chi connectivity index (χ4v) is 3.48. The van der Waals surface area contributed by atoms with Crippen LogP contribution in [-0.4, -0.2) is 15.3 Å². The van der Waals surface area contributed by atoms with Crippen LogP contribution in [0, 0.1) is 12.7 Å². The highest BCUT2D eigenvalue weighted by Gasteiger charge is 2.18. The van der Waals surface area contributed by atoms with E-state index in [9.17, 15) is 9.18 Å². The average molecular weight is 415 g/mol. The van der Waals surface area contributed by atoms with Crippen molar-refractivity contribution in [1.29, 1.82) is 0 Å². The van der Waals surface area contributed by atoms with Gasteiger partial charge in [-0.05, 0) is 49.4 Å². The summed E-state index contributed by atoms with van der Waals surface area (Å²) in [5.74, 6) is -0.0414. The summed E-state index contributed by atoms with van der Waals surface area (Å²) in [4.78, 5) is 17.2. The number of nitrogens with one attached hydrogen (secondary N) is 1. The maximum absolute atomic E-state index is 13.5. The summed E-state index contributed by atoms with van der Waals surface area (Å²) in [6, 6.07) is 17.0. The molecule has 5 aromatic rings. The van der Waals surface area contributed by atoms with E-state index in [1.165, 1.54) is 18.2 Å². The number of halogens is 1. The van der Waals surface area contributed by atoms with Crippen LogP contribution in [0.5, 0.6) is 5.75 Å². The van der Waals surface area contributed by atoms with Crippen LogP contribution in [0.4, 0.5) is 10.1 Å². The lowest BCUT2D eigenvalue weighted by atomic mass is 10.1.